The summed E-state index contributed by atoms with van der Waals surface area (Å²) in [5.41, 5.74) is 25.9. The minimum atomic E-state index is -0.0750. The average Bonchev–Trinajstić information content (AvgIpc) is 3.78. The van der Waals surface area contributed by atoms with Crippen LogP contribution in [-0.4, -0.2) is 49.8 Å². The van der Waals surface area contributed by atoms with Crippen LogP contribution in [0, 0.1) is 12.8 Å². The molecule has 1 aliphatic carbocycles. The predicted molar refractivity (Wildman–Crippen MR) is 168 cm³/mol. The van der Waals surface area contributed by atoms with E-state index in [1.807, 2.05) is 50.1 Å². The van der Waals surface area contributed by atoms with Crippen molar-refractivity contribution in [3.05, 3.63) is 82.9 Å². The molecule has 1 amide bonds. The molecule has 0 radical (unpaired) electrons. The van der Waals surface area contributed by atoms with Crippen LogP contribution in [0.3, 0.4) is 0 Å². The van der Waals surface area contributed by atoms with Crippen molar-refractivity contribution < 1.29 is 9.53 Å². The summed E-state index contributed by atoms with van der Waals surface area (Å²) in [6.45, 7) is 10.4. The number of nitrogens with one attached hydrogen (secondary N) is 2. The number of aliphatic imine (C=N–C) groups is 1. The smallest absolute Gasteiger partial charge is 0.228 e. The number of amides is 1. The Morgan fingerprint density at radius 1 is 1.20 bits per heavy atom. The van der Waals surface area contributed by atoms with E-state index in [1.165, 1.54) is 0 Å². The van der Waals surface area contributed by atoms with Gasteiger partial charge in [0.15, 0.2) is 0 Å². The van der Waals surface area contributed by atoms with Gasteiger partial charge in [0, 0.05) is 73.1 Å². The van der Waals surface area contributed by atoms with Crippen molar-refractivity contribution in [3.63, 3.8) is 0 Å². The molecule has 0 aliphatic heterocycles. The van der Waals surface area contributed by atoms with Crippen LogP contribution in [0.4, 0.5) is 5.69 Å². The summed E-state index contributed by atoms with van der Waals surface area (Å²) < 4.78 is 5.88. The Morgan fingerprint density at radius 2 is 1.90 bits per heavy atom. The van der Waals surface area contributed by atoms with Crippen molar-refractivity contribution >= 4 is 23.5 Å². The number of carbonyl (C=O) groups is 1. The zero-order chi connectivity index (χ0) is 30.3. The number of rotatable bonds is 12. The molecule has 1 saturated carbocycles. The number of pyridine rings is 1. The Morgan fingerprint density at radius 3 is 2.44 bits per heavy atom. The summed E-state index contributed by atoms with van der Waals surface area (Å²) in [5, 5.41) is 6.06. The van der Waals surface area contributed by atoms with Gasteiger partial charge in [-0.15, -0.1) is 0 Å². The second kappa shape index (κ2) is 13.6. The molecule has 0 unspecified atom stereocenters. The Balaban J connectivity index is 1.88. The number of hydrogen-bond acceptors (Lipinski definition) is 9. The van der Waals surface area contributed by atoms with Gasteiger partial charge in [-0.05, 0) is 51.3 Å². The third kappa shape index (κ3) is 7.91. The minimum Gasteiger partial charge on any atom is -0.494 e. The number of benzene rings is 1. The van der Waals surface area contributed by atoms with Crippen LogP contribution in [0.15, 0.2) is 76.6 Å². The lowest BCUT2D eigenvalue weighted by molar-refractivity contribution is -0.121. The first-order chi connectivity index (χ1) is 19.5. The van der Waals surface area contributed by atoms with Crippen LogP contribution in [0.5, 0.6) is 5.75 Å². The van der Waals surface area contributed by atoms with Crippen molar-refractivity contribution in [3.8, 4) is 16.9 Å². The number of nitrogens with zero attached hydrogens (tertiary/aromatic N) is 3. The molecule has 1 aromatic carbocycles. The molecule has 218 valence electrons. The predicted octanol–water partition coefficient (Wildman–Crippen LogP) is 3.83. The van der Waals surface area contributed by atoms with Crippen molar-refractivity contribution in [1.82, 2.24) is 15.2 Å². The van der Waals surface area contributed by atoms with Crippen molar-refractivity contribution in [2.45, 2.75) is 33.6 Å². The van der Waals surface area contributed by atoms with Crippen molar-refractivity contribution in [2.75, 3.05) is 33.1 Å². The number of aromatic nitrogens is 1. The topological polar surface area (TPSA) is 157 Å². The van der Waals surface area contributed by atoms with Gasteiger partial charge >= 0.3 is 0 Å². The van der Waals surface area contributed by atoms with Crippen molar-refractivity contribution in [2.24, 2.45) is 28.1 Å². The fourth-order valence-corrected chi connectivity index (χ4v) is 4.21. The van der Waals surface area contributed by atoms with E-state index in [0.29, 0.717) is 35.1 Å². The van der Waals surface area contributed by atoms with Crippen LogP contribution in [0.1, 0.15) is 37.9 Å². The number of methoxy groups -OCH3 is 1. The van der Waals surface area contributed by atoms with E-state index < -0.39 is 0 Å². The van der Waals surface area contributed by atoms with Crippen molar-refractivity contribution in [1.29, 1.82) is 0 Å². The molecule has 1 aromatic heterocycles. The Bertz CT molecular complexity index is 1410. The van der Waals surface area contributed by atoms with Gasteiger partial charge in [0.2, 0.25) is 5.91 Å². The maximum Gasteiger partial charge on any atom is 0.228 e. The summed E-state index contributed by atoms with van der Waals surface area (Å²) in [5.74, 6) is 0.805. The number of carbonyl (C=O) groups excluding carboxylic acids is 1. The summed E-state index contributed by atoms with van der Waals surface area (Å²) in [6.07, 6.45) is 6.96. The number of anilines is 1. The molecule has 10 heteroatoms. The summed E-state index contributed by atoms with van der Waals surface area (Å²) >= 11 is 0. The second-order valence-corrected chi connectivity index (χ2v) is 10.3. The molecule has 1 fully saturated rings. The molecular formula is C31H42N8O2. The van der Waals surface area contributed by atoms with Gasteiger partial charge in [0.1, 0.15) is 11.6 Å². The molecule has 1 heterocycles. The van der Waals surface area contributed by atoms with E-state index in [4.69, 9.17) is 26.9 Å². The number of nitrogens with two attached hydrogens (primary N) is 3. The van der Waals surface area contributed by atoms with Crippen LogP contribution in [-0.2, 0) is 4.79 Å². The van der Waals surface area contributed by atoms with Crippen LogP contribution in [0.25, 0.3) is 16.8 Å². The van der Waals surface area contributed by atoms with Crippen LogP contribution < -0.4 is 32.6 Å². The Labute approximate surface area is 242 Å². The lowest BCUT2D eigenvalue weighted by Gasteiger charge is -2.23. The first-order valence-corrected chi connectivity index (χ1v) is 13.4. The molecule has 0 bridgehead atoms. The van der Waals surface area contributed by atoms with Crippen LogP contribution >= 0.6 is 0 Å². The standard InChI is InChI=1S/C31H42N8O2/c1-18-8-12-26(37-27(20(3)33)14-28(34)38-31(40)22-9-10-22)30(41-7)29(18)23-11-13-25(36-16-23)21(4)39(6)17-24(15-35-5)19(2)32/h8,11-16,22,37H,4,9-10,17,32-34H2,1-3,5-7H3,(H,38,40)/b24-19+,27-20+,28-14+,35-15?. The lowest BCUT2D eigenvalue weighted by Crippen LogP contribution is -2.29. The van der Waals surface area contributed by atoms with E-state index in [9.17, 15) is 4.79 Å². The molecule has 0 spiro atoms. The Kier molecular flexibility index (Phi) is 10.2. The largest absolute Gasteiger partial charge is 0.494 e. The second-order valence-electron chi connectivity index (χ2n) is 10.3. The van der Waals surface area contributed by atoms with E-state index in [2.05, 4.69) is 22.2 Å². The van der Waals surface area contributed by atoms with Crippen LogP contribution in [0.2, 0.25) is 0 Å². The summed E-state index contributed by atoms with van der Waals surface area (Å²) in [6, 6.07) is 7.83. The molecular weight excluding hydrogens is 516 g/mol. The first-order valence-electron chi connectivity index (χ1n) is 13.4. The SMILES string of the molecule is C=C(c1ccc(-c2c(C)ccc(NC(/C=C(\N)NC(=O)C3CC3)=C(\C)N)c2OC)cn1)N(C)C/C(C=NC)=C(\C)N. The maximum atomic E-state index is 12.1. The van der Waals surface area contributed by atoms with Gasteiger partial charge in [-0.3, -0.25) is 14.8 Å². The van der Waals surface area contributed by atoms with E-state index in [1.54, 1.807) is 39.6 Å². The lowest BCUT2D eigenvalue weighted by atomic mass is 9.99. The highest BCUT2D eigenvalue weighted by atomic mass is 16.5. The van der Waals surface area contributed by atoms with Gasteiger partial charge < -0.3 is 37.5 Å². The van der Waals surface area contributed by atoms with E-state index >= 15 is 0 Å². The molecule has 10 nitrogen and oxygen atoms in total. The molecule has 2 aromatic rings. The normalized spacial score (nSPS) is 14.7. The average molecular weight is 559 g/mol. The van der Waals surface area contributed by atoms with Gasteiger partial charge in [-0.25, -0.2) is 0 Å². The van der Waals surface area contributed by atoms with E-state index in [0.717, 1.165) is 46.5 Å². The highest BCUT2D eigenvalue weighted by Crippen LogP contribution is 2.40. The highest BCUT2D eigenvalue weighted by molar-refractivity contribution is 5.84. The molecule has 1 aliphatic rings. The van der Waals surface area contributed by atoms with E-state index in [-0.39, 0.29) is 17.6 Å². The number of hydrogen-bond donors (Lipinski definition) is 5. The molecule has 41 heavy (non-hydrogen) atoms. The first kappa shape index (κ1) is 30.8. The number of aryl methyl sites for hydroxylation is 1. The fourth-order valence-electron chi connectivity index (χ4n) is 4.21. The zero-order valence-corrected chi connectivity index (χ0v) is 24.8. The summed E-state index contributed by atoms with van der Waals surface area (Å²) in [4.78, 5) is 22.9. The molecule has 0 saturated heterocycles. The Hall–Kier alpha value is -4.73. The fraction of sp³-hybridized carbons (Fsp3) is 0.323. The van der Waals surface area contributed by atoms with Gasteiger partial charge in [0.05, 0.1) is 29.9 Å². The monoisotopic (exact) mass is 558 g/mol. The third-order valence-corrected chi connectivity index (χ3v) is 6.79. The molecule has 0 atom stereocenters. The molecule has 8 N–H and O–H groups in total. The summed E-state index contributed by atoms with van der Waals surface area (Å²) in [7, 11) is 5.27. The maximum absolute atomic E-state index is 12.1. The van der Waals surface area contributed by atoms with Gasteiger partial charge in [0.25, 0.3) is 0 Å². The van der Waals surface area contributed by atoms with Gasteiger partial charge in [-0.1, -0.05) is 18.7 Å². The highest BCUT2D eigenvalue weighted by Gasteiger charge is 2.29. The minimum absolute atomic E-state index is 0.0404. The molecule has 3 rings (SSSR count). The third-order valence-electron chi connectivity index (χ3n) is 6.79. The zero-order valence-electron chi connectivity index (χ0n) is 24.8. The number of ether oxygens (including phenoxy) is 1. The number of likely N-dealkylation sites (N-methyl/N-ethyl adjacent to an activating group) is 1. The quantitative estimate of drug-likeness (QED) is 0.194. The number of allylic oxidation sites excluding steroid dienone is 3. The van der Waals surface area contributed by atoms with Gasteiger partial charge in [-0.2, -0.15) is 0 Å².